The third-order valence-corrected chi connectivity index (χ3v) is 4.78. The smallest absolute Gasteiger partial charge is 0.258 e. The number of para-hydroxylation sites is 1. The number of H-pyrrole nitrogens is 1. The number of rotatable bonds is 5. The van der Waals surface area contributed by atoms with Gasteiger partial charge in [0.15, 0.2) is 0 Å². The summed E-state index contributed by atoms with van der Waals surface area (Å²) in [5.41, 5.74) is 1.82. The summed E-state index contributed by atoms with van der Waals surface area (Å²) < 4.78 is 1.56. The van der Waals surface area contributed by atoms with Gasteiger partial charge in [-0.1, -0.05) is 30.0 Å². The van der Waals surface area contributed by atoms with Crippen molar-refractivity contribution in [3.8, 4) is 5.69 Å². The predicted molar refractivity (Wildman–Crippen MR) is 105 cm³/mol. The number of aromatic nitrogens is 6. The van der Waals surface area contributed by atoms with Crippen molar-refractivity contribution in [1.82, 2.24) is 30.2 Å². The molecule has 140 valence electrons. The van der Waals surface area contributed by atoms with Gasteiger partial charge in [0, 0.05) is 12.6 Å². The lowest BCUT2D eigenvalue weighted by Gasteiger charge is -2.07. The molecule has 10 heteroatoms. The van der Waals surface area contributed by atoms with E-state index in [1.165, 1.54) is 18.7 Å². The number of nitrogens with zero attached hydrogens (tertiary/aromatic N) is 5. The fourth-order valence-electron chi connectivity index (χ4n) is 2.69. The van der Waals surface area contributed by atoms with Crippen LogP contribution in [0.2, 0.25) is 0 Å². The Morgan fingerprint density at radius 2 is 2.07 bits per heavy atom. The van der Waals surface area contributed by atoms with Crippen LogP contribution in [-0.2, 0) is 10.5 Å². The van der Waals surface area contributed by atoms with Crippen LogP contribution < -0.4 is 10.9 Å². The molecule has 1 amide bonds. The van der Waals surface area contributed by atoms with Crippen molar-refractivity contribution in [3.05, 3.63) is 64.7 Å². The van der Waals surface area contributed by atoms with E-state index in [0.717, 1.165) is 0 Å². The first kappa shape index (κ1) is 17.9. The zero-order valence-corrected chi connectivity index (χ0v) is 15.6. The second-order valence-corrected chi connectivity index (χ2v) is 6.87. The fourth-order valence-corrected chi connectivity index (χ4v) is 3.45. The van der Waals surface area contributed by atoms with Gasteiger partial charge in [-0.25, -0.2) is 4.98 Å². The minimum absolute atomic E-state index is 0.158. The monoisotopic (exact) mass is 393 g/mol. The topological polar surface area (TPSA) is 118 Å². The molecule has 0 radical (unpaired) electrons. The molecule has 28 heavy (non-hydrogen) atoms. The molecule has 4 rings (SSSR count). The Hall–Kier alpha value is -3.53. The maximum Gasteiger partial charge on any atom is 0.258 e. The molecule has 2 N–H and O–H groups in total. The standard InChI is InChI=1S/C18H15N7O2S/c1-11(26)19-12-5-4-6-13(9-12)25-18(22-23-24-25)28-10-16-20-15-8-3-2-7-14(15)17(27)21-16/h2-9H,10H2,1H3,(H,19,26)(H,20,21,27). The van der Waals surface area contributed by atoms with Gasteiger partial charge in [0.1, 0.15) is 5.82 Å². The van der Waals surface area contributed by atoms with Crippen molar-refractivity contribution < 1.29 is 4.79 Å². The van der Waals surface area contributed by atoms with Crippen molar-refractivity contribution in [3.63, 3.8) is 0 Å². The van der Waals surface area contributed by atoms with Crippen molar-refractivity contribution in [2.75, 3.05) is 5.32 Å². The third-order valence-electron chi connectivity index (χ3n) is 3.85. The summed E-state index contributed by atoms with van der Waals surface area (Å²) >= 11 is 1.35. The van der Waals surface area contributed by atoms with Crippen LogP contribution in [0, 0.1) is 0 Å². The second kappa shape index (κ2) is 7.61. The zero-order valence-electron chi connectivity index (χ0n) is 14.8. The van der Waals surface area contributed by atoms with Crippen LogP contribution in [0.5, 0.6) is 0 Å². The number of fused-ring (bicyclic) bond motifs is 1. The number of amides is 1. The van der Waals surface area contributed by atoms with Gasteiger partial charge in [-0.2, -0.15) is 4.68 Å². The Balaban J connectivity index is 1.57. The molecule has 2 aromatic carbocycles. The number of aromatic amines is 1. The van der Waals surface area contributed by atoms with E-state index < -0.39 is 0 Å². The molecular weight excluding hydrogens is 378 g/mol. The lowest BCUT2D eigenvalue weighted by Crippen LogP contribution is -2.11. The van der Waals surface area contributed by atoms with E-state index in [9.17, 15) is 9.59 Å². The molecule has 0 atom stereocenters. The van der Waals surface area contributed by atoms with Crippen LogP contribution in [0.4, 0.5) is 5.69 Å². The molecule has 0 saturated heterocycles. The summed E-state index contributed by atoms with van der Waals surface area (Å²) in [6, 6.07) is 14.4. The van der Waals surface area contributed by atoms with Gasteiger partial charge in [0.2, 0.25) is 11.1 Å². The maximum absolute atomic E-state index is 12.2. The molecule has 0 aliphatic carbocycles. The highest BCUT2D eigenvalue weighted by Crippen LogP contribution is 2.23. The van der Waals surface area contributed by atoms with Crippen LogP contribution in [0.1, 0.15) is 12.7 Å². The van der Waals surface area contributed by atoms with Crippen LogP contribution in [0.15, 0.2) is 58.5 Å². The van der Waals surface area contributed by atoms with E-state index in [4.69, 9.17) is 0 Å². The molecule has 9 nitrogen and oxygen atoms in total. The number of carbonyl (C=O) groups is 1. The van der Waals surface area contributed by atoms with Crippen molar-refractivity contribution in [1.29, 1.82) is 0 Å². The summed E-state index contributed by atoms with van der Waals surface area (Å²) in [5.74, 6) is 0.774. The molecule has 2 heterocycles. The summed E-state index contributed by atoms with van der Waals surface area (Å²) in [6.07, 6.45) is 0. The molecule has 4 aromatic rings. The van der Waals surface area contributed by atoms with Crippen LogP contribution in [0.25, 0.3) is 16.6 Å². The first-order valence-electron chi connectivity index (χ1n) is 8.37. The van der Waals surface area contributed by atoms with Crippen LogP contribution >= 0.6 is 11.8 Å². The number of tetrazole rings is 1. The van der Waals surface area contributed by atoms with E-state index >= 15 is 0 Å². The number of carbonyl (C=O) groups excluding carboxylic acids is 1. The lowest BCUT2D eigenvalue weighted by atomic mass is 10.2. The fraction of sp³-hybridized carbons (Fsp3) is 0.111. The van der Waals surface area contributed by atoms with Crippen molar-refractivity contribution >= 4 is 34.3 Å². The average molecular weight is 393 g/mol. The Morgan fingerprint density at radius 3 is 2.93 bits per heavy atom. The minimum atomic E-state index is -0.177. The zero-order chi connectivity index (χ0) is 19.5. The molecule has 0 fully saturated rings. The normalized spacial score (nSPS) is 10.9. The first-order chi connectivity index (χ1) is 13.6. The predicted octanol–water partition coefficient (Wildman–Crippen LogP) is 2.15. The van der Waals surface area contributed by atoms with Gasteiger partial charge >= 0.3 is 0 Å². The second-order valence-electron chi connectivity index (χ2n) is 5.92. The number of benzene rings is 2. The Morgan fingerprint density at radius 1 is 1.21 bits per heavy atom. The third kappa shape index (κ3) is 3.76. The van der Waals surface area contributed by atoms with E-state index in [2.05, 4.69) is 30.8 Å². The van der Waals surface area contributed by atoms with Crippen molar-refractivity contribution in [2.45, 2.75) is 17.8 Å². The summed E-state index contributed by atoms with van der Waals surface area (Å²) in [6.45, 7) is 1.45. The quantitative estimate of drug-likeness (QED) is 0.499. The number of anilines is 1. The highest BCUT2D eigenvalue weighted by molar-refractivity contribution is 7.98. The molecule has 0 aliphatic rings. The number of nitrogens with one attached hydrogen (secondary N) is 2. The molecular formula is C18H15N7O2S. The molecule has 0 spiro atoms. The minimum Gasteiger partial charge on any atom is -0.326 e. The Labute approximate surface area is 163 Å². The average Bonchev–Trinajstić information content (AvgIpc) is 3.15. The Bertz CT molecular complexity index is 1220. The van der Waals surface area contributed by atoms with Gasteiger partial charge in [-0.15, -0.1) is 5.10 Å². The number of hydrogen-bond acceptors (Lipinski definition) is 7. The first-order valence-corrected chi connectivity index (χ1v) is 9.36. The van der Waals surface area contributed by atoms with Gasteiger partial charge in [0.25, 0.3) is 5.56 Å². The van der Waals surface area contributed by atoms with Gasteiger partial charge in [-0.05, 0) is 40.8 Å². The number of thioether (sulfide) groups is 1. The van der Waals surface area contributed by atoms with E-state index in [0.29, 0.717) is 39.0 Å². The molecule has 2 aromatic heterocycles. The summed E-state index contributed by atoms with van der Waals surface area (Å²) in [4.78, 5) is 30.7. The lowest BCUT2D eigenvalue weighted by molar-refractivity contribution is -0.114. The highest BCUT2D eigenvalue weighted by Gasteiger charge is 2.12. The largest absolute Gasteiger partial charge is 0.326 e. The Kier molecular flexibility index (Phi) is 4.85. The molecule has 0 aliphatic heterocycles. The van der Waals surface area contributed by atoms with E-state index in [1.807, 2.05) is 12.1 Å². The van der Waals surface area contributed by atoms with Gasteiger partial charge < -0.3 is 10.3 Å². The summed E-state index contributed by atoms with van der Waals surface area (Å²) in [7, 11) is 0. The van der Waals surface area contributed by atoms with Gasteiger partial charge in [0.05, 0.1) is 22.3 Å². The van der Waals surface area contributed by atoms with E-state index in [1.54, 1.807) is 41.1 Å². The number of hydrogen-bond donors (Lipinski definition) is 2. The molecule has 0 saturated carbocycles. The molecule has 0 bridgehead atoms. The van der Waals surface area contributed by atoms with E-state index in [-0.39, 0.29) is 11.5 Å². The van der Waals surface area contributed by atoms with Gasteiger partial charge in [-0.3, -0.25) is 9.59 Å². The maximum atomic E-state index is 12.2. The summed E-state index contributed by atoms with van der Waals surface area (Å²) in [5, 5.41) is 15.6. The highest BCUT2D eigenvalue weighted by atomic mass is 32.2. The van der Waals surface area contributed by atoms with Crippen LogP contribution in [0.3, 0.4) is 0 Å². The van der Waals surface area contributed by atoms with Crippen molar-refractivity contribution in [2.24, 2.45) is 0 Å². The SMILES string of the molecule is CC(=O)Nc1cccc(-n2nnnc2SCc2nc3ccccc3c(=O)[nH]2)c1. The molecule has 0 unspecified atom stereocenters. The van der Waals surface area contributed by atoms with Crippen LogP contribution in [-0.4, -0.2) is 36.1 Å².